The number of hydrogen-bond donors (Lipinski definition) is 1. The Labute approximate surface area is 173 Å². The molecule has 4 rings (SSSR count). The fourth-order valence-electron chi connectivity index (χ4n) is 3.38. The van der Waals surface area contributed by atoms with Crippen LogP contribution in [-0.2, 0) is 4.79 Å². The lowest BCUT2D eigenvalue weighted by Gasteiger charge is -2.31. The molecule has 28 heavy (non-hydrogen) atoms. The normalized spacial score (nSPS) is 15.5. The first-order valence-corrected chi connectivity index (χ1v) is 11.3. The average Bonchev–Trinajstić information content (AvgIpc) is 3.37. The zero-order chi connectivity index (χ0) is 19.5. The van der Waals surface area contributed by atoms with E-state index < -0.39 is 0 Å². The number of likely N-dealkylation sites (N-methyl/N-ethyl adjacent to an activating group) is 1. The highest BCUT2D eigenvalue weighted by atomic mass is 32.1. The van der Waals surface area contributed by atoms with Crippen LogP contribution in [0.4, 0.5) is 5.13 Å². The van der Waals surface area contributed by atoms with Crippen molar-refractivity contribution in [3.63, 3.8) is 0 Å². The van der Waals surface area contributed by atoms with Gasteiger partial charge in [-0.2, -0.15) is 0 Å². The van der Waals surface area contributed by atoms with Crippen LogP contribution in [-0.4, -0.2) is 61.0 Å². The number of thiazole rings is 1. The van der Waals surface area contributed by atoms with E-state index in [-0.39, 0.29) is 11.8 Å². The number of nitrogens with one attached hydrogen (secondary N) is 1. The third-order valence-corrected chi connectivity index (χ3v) is 6.93. The molecular formula is C20H25N5OS2. The summed E-state index contributed by atoms with van der Waals surface area (Å²) in [6.45, 7) is 3.31. The maximum atomic E-state index is 12.3. The number of anilines is 1. The number of amides is 1. The van der Waals surface area contributed by atoms with Crippen molar-refractivity contribution in [2.75, 3.05) is 45.2 Å². The van der Waals surface area contributed by atoms with Gasteiger partial charge < -0.3 is 15.1 Å². The molecule has 0 saturated carbocycles. The van der Waals surface area contributed by atoms with Crippen LogP contribution < -0.4 is 10.2 Å². The SMILES string of the molecule is CN(C)CCNC(=O)C1CCN(c2nc3ccc(-c4cccs4)nc3s2)CC1. The molecule has 0 aliphatic carbocycles. The largest absolute Gasteiger partial charge is 0.355 e. The molecule has 1 amide bonds. The minimum atomic E-state index is 0.108. The van der Waals surface area contributed by atoms with Crippen molar-refractivity contribution in [1.29, 1.82) is 0 Å². The van der Waals surface area contributed by atoms with Gasteiger partial charge in [0.15, 0.2) is 5.13 Å². The summed E-state index contributed by atoms with van der Waals surface area (Å²) < 4.78 is 0. The molecule has 3 aromatic rings. The van der Waals surface area contributed by atoms with Gasteiger partial charge in [-0.15, -0.1) is 11.3 Å². The maximum absolute atomic E-state index is 12.3. The van der Waals surface area contributed by atoms with Crippen molar-refractivity contribution in [3.05, 3.63) is 29.6 Å². The predicted molar refractivity (Wildman–Crippen MR) is 117 cm³/mol. The molecule has 0 atom stereocenters. The summed E-state index contributed by atoms with van der Waals surface area (Å²) >= 11 is 3.34. The Hall–Kier alpha value is -2.03. The fraction of sp³-hybridized carbons (Fsp3) is 0.450. The van der Waals surface area contributed by atoms with Crippen LogP contribution in [0.15, 0.2) is 29.6 Å². The number of piperidine rings is 1. The first kappa shape index (κ1) is 19.3. The maximum Gasteiger partial charge on any atom is 0.223 e. The molecule has 1 saturated heterocycles. The van der Waals surface area contributed by atoms with Gasteiger partial charge >= 0.3 is 0 Å². The number of aromatic nitrogens is 2. The van der Waals surface area contributed by atoms with Crippen LogP contribution in [0, 0.1) is 5.92 Å². The molecule has 0 radical (unpaired) electrons. The third kappa shape index (κ3) is 4.34. The lowest BCUT2D eigenvalue weighted by molar-refractivity contribution is -0.125. The Balaban J connectivity index is 1.38. The van der Waals surface area contributed by atoms with Crippen LogP contribution in [0.1, 0.15) is 12.8 Å². The fourth-order valence-corrected chi connectivity index (χ4v) is 5.07. The summed E-state index contributed by atoms with van der Waals surface area (Å²) in [7, 11) is 4.03. The molecule has 0 bridgehead atoms. The Kier molecular flexibility index (Phi) is 5.89. The second kappa shape index (κ2) is 8.55. The van der Waals surface area contributed by atoms with Crippen molar-refractivity contribution >= 4 is 44.1 Å². The lowest BCUT2D eigenvalue weighted by Crippen LogP contribution is -2.42. The average molecular weight is 416 g/mol. The second-order valence-corrected chi connectivity index (χ2v) is 9.25. The van der Waals surface area contributed by atoms with E-state index in [1.807, 2.05) is 26.2 Å². The van der Waals surface area contributed by atoms with Gasteiger partial charge in [-0.05, 0) is 50.5 Å². The molecule has 0 spiro atoms. The van der Waals surface area contributed by atoms with Crippen molar-refractivity contribution in [2.24, 2.45) is 5.92 Å². The van der Waals surface area contributed by atoms with E-state index >= 15 is 0 Å². The van der Waals surface area contributed by atoms with Crippen LogP contribution in [0.5, 0.6) is 0 Å². The molecular weight excluding hydrogens is 390 g/mol. The molecule has 4 heterocycles. The quantitative estimate of drug-likeness (QED) is 0.669. The van der Waals surface area contributed by atoms with Crippen LogP contribution in [0.2, 0.25) is 0 Å². The number of fused-ring (bicyclic) bond motifs is 1. The molecule has 1 aliphatic rings. The van der Waals surface area contributed by atoms with Gasteiger partial charge in [0, 0.05) is 32.1 Å². The Morgan fingerprint density at radius 3 is 2.79 bits per heavy atom. The van der Waals surface area contributed by atoms with Crippen molar-refractivity contribution in [1.82, 2.24) is 20.2 Å². The van der Waals surface area contributed by atoms with E-state index in [0.29, 0.717) is 6.54 Å². The van der Waals surface area contributed by atoms with Crippen LogP contribution in [0.3, 0.4) is 0 Å². The Morgan fingerprint density at radius 2 is 2.07 bits per heavy atom. The monoisotopic (exact) mass is 415 g/mol. The summed E-state index contributed by atoms with van der Waals surface area (Å²) in [6.07, 6.45) is 1.75. The zero-order valence-electron chi connectivity index (χ0n) is 16.2. The number of rotatable bonds is 6. The molecule has 8 heteroatoms. The summed E-state index contributed by atoms with van der Waals surface area (Å²) in [5.74, 6) is 0.296. The molecule has 3 aromatic heterocycles. The molecule has 6 nitrogen and oxygen atoms in total. The molecule has 148 valence electrons. The highest BCUT2D eigenvalue weighted by Gasteiger charge is 2.26. The number of carbonyl (C=O) groups excluding carboxylic acids is 1. The topological polar surface area (TPSA) is 61.4 Å². The first-order chi connectivity index (χ1) is 13.6. The van der Waals surface area contributed by atoms with Gasteiger partial charge in [0.1, 0.15) is 10.3 Å². The summed E-state index contributed by atoms with van der Waals surface area (Å²) in [4.78, 5) is 28.4. The predicted octanol–water partition coefficient (Wildman–Crippen LogP) is 3.31. The number of thiophene rings is 1. The van der Waals surface area contributed by atoms with Gasteiger partial charge in [-0.1, -0.05) is 17.4 Å². The van der Waals surface area contributed by atoms with E-state index in [0.717, 1.165) is 53.6 Å². The minimum absolute atomic E-state index is 0.108. The number of pyridine rings is 1. The highest BCUT2D eigenvalue weighted by molar-refractivity contribution is 7.21. The van der Waals surface area contributed by atoms with Crippen LogP contribution >= 0.6 is 22.7 Å². The van der Waals surface area contributed by atoms with E-state index in [9.17, 15) is 4.79 Å². The third-order valence-electron chi connectivity index (χ3n) is 5.01. The van der Waals surface area contributed by atoms with E-state index in [1.54, 1.807) is 22.7 Å². The molecule has 1 N–H and O–H groups in total. The minimum Gasteiger partial charge on any atom is -0.355 e. The molecule has 0 aromatic carbocycles. The molecule has 1 fully saturated rings. The summed E-state index contributed by atoms with van der Waals surface area (Å²) in [6, 6.07) is 8.24. The second-order valence-electron chi connectivity index (χ2n) is 7.35. The van der Waals surface area contributed by atoms with Crippen molar-refractivity contribution < 1.29 is 4.79 Å². The van der Waals surface area contributed by atoms with E-state index in [4.69, 9.17) is 9.97 Å². The Bertz CT molecular complexity index is 929. The van der Waals surface area contributed by atoms with Crippen molar-refractivity contribution in [3.8, 4) is 10.6 Å². The zero-order valence-corrected chi connectivity index (χ0v) is 17.9. The number of carbonyl (C=O) groups is 1. The highest BCUT2D eigenvalue weighted by Crippen LogP contribution is 2.33. The number of hydrogen-bond acceptors (Lipinski definition) is 7. The van der Waals surface area contributed by atoms with Gasteiger partial charge in [0.05, 0.1) is 10.6 Å². The van der Waals surface area contributed by atoms with Gasteiger partial charge in [0.25, 0.3) is 0 Å². The smallest absolute Gasteiger partial charge is 0.223 e. The van der Waals surface area contributed by atoms with Gasteiger partial charge in [-0.25, -0.2) is 9.97 Å². The van der Waals surface area contributed by atoms with Gasteiger partial charge in [-0.3, -0.25) is 4.79 Å². The van der Waals surface area contributed by atoms with E-state index in [1.165, 1.54) is 4.88 Å². The first-order valence-electron chi connectivity index (χ1n) is 9.59. The lowest BCUT2D eigenvalue weighted by atomic mass is 9.96. The summed E-state index contributed by atoms with van der Waals surface area (Å²) in [5, 5.41) is 6.14. The standard InChI is InChI=1S/C20H25N5OS2/c1-24(2)12-9-21-18(26)14-7-10-25(11-8-14)20-23-16-6-5-15(22-19(16)28-20)17-4-3-13-27-17/h3-6,13-14H,7-12H2,1-2H3,(H,21,26). The van der Waals surface area contributed by atoms with E-state index in [2.05, 4.69) is 32.6 Å². The number of nitrogens with zero attached hydrogens (tertiary/aromatic N) is 4. The summed E-state index contributed by atoms with van der Waals surface area (Å²) in [5.41, 5.74) is 1.95. The Morgan fingerprint density at radius 1 is 1.25 bits per heavy atom. The molecule has 1 aliphatic heterocycles. The van der Waals surface area contributed by atoms with Gasteiger partial charge in [0.2, 0.25) is 5.91 Å². The van der Waals surface area contributed by atoms with Crippen molar-refractivity contribution in [2.45, 2.75) is 12.8 Å². The molecule has 0 unspecified atom stereocenters. The van der Waals surface area contributed by atoms with Crippen LogP contribution in [0.25, 0.3) is 20.9 Å².